The summed E-state index contributed by atoms with van der Waals surface area (Å²) in [5.41, 5.74) is -1.74. The fourth-order valence-electron chi connectivity index (χ4n) is 2.38. The number of carboxylic acid groups (broad SMARTS) is 2. The van der Waals surface area contributed by atoms with E-state index in [2.05, 4.69) is 0 Å². The SMILES string of the molecule is O=C(O)CC(O)(CC(=O)N(c1ccccc1)c1ccccc1)C(=O)O. The summed E-state index contributed by atoms with van der Waals surface area (Å²) in [6.07, 6.45) is -1.95. The number of carbonyl (C=O) groups is 3. The van der Waals surface area contributed by atoms with E-state index in [-0.39, 0.29) is 0 Å². The first-order valence-corrected chi connectivity index (χ1v) is 7.44. The molecule has 0 saturated carbocycles. The van der Waals surface area contributed by atoms with Crippen LogP contribution in [-0.4, -0.2) is 38.8 Å². The molecule has 0 aromatic heterocycles. The molecule has 0 aliphatic rings. The molecule has 25 heavy (non-hydrogen) atoms. The van der Waals surface area contributed by atoms with Gasteiger partial charge in [0.25, 0.3) is 0 Å². The molecule has 0 spiro atoms. The van der Waals surface area contributed by atoms with Gasteiger partial charge < -0.3 is 15.3 Å². The molecule has 0 bridgehead atoms. The van der Waals surface area contributed by atoms with E-state index in [0.29, 0.717) is 11.4 Å². The highest BCUT2D eigenvalue weighted by Crippen LogP contribution is 2.28. The van der Waals surface area contributed by atoms with Crippen LogP contribution < -0.4 is 4.90 Å². The minimum absolute atomic E-state index is 0.474. The van der Waals surface area contributed by atoms with Gasteiger partial charge in [-0.15, -0.1) is 0 Å². The van der Waals surface area contributed by atoms with Gasteiger partial charge in [-0.2, -0.15) is 0 Å². The van der Waals surface area contributed by atoms with E-state index in [1.54, 1.807) is 60.7 Å². The van der Waals surface area contributed by atoms with Gasteiger partial charge in [-0.25, -0.2) is 4.79 Å². The number of anilines is 2. The standard InChI is InChI=1S/C18H17NO6/c20-15(11-18(25,17(23)24)12-16(21)22)19(13-7-3-1-4-8-13)14-9-5-2-6-10-14/h1-10,25H,11-12H2,(H,21,22)(H,23,24). The summed E-state index contributed by atoms with van der Waals surface area (Å²) in [7, 11) is 0. The molecule has 7 nitrogen and oxygen atoms in total. The maximum Gasteiger partial charge on any atom is 0.336 e. The summed E-state index contributed by atoms with van der Waals surface area (Å²) in [4.78, 5) is 36.2. The Balaban J connectivity index is 2.39. The fraction of sp³-hybridized carbons (Fsp3) is 0.167. The second-order valence-corrected chi connectivity index (χ2v) is 5.48. The number of nitrogens with zero attached hydrogens (tertiary/aromatic N) is 1. The van der Waals surface area contributed by atoms with Crippen molar-refractivity contribution in [2.24, 2.45) is 0 Å². The Morgan fingerprint density at radius 2 is 1.24 bits per heavy atom. The molecule has 0 heterocycles. The summed E-state index contributed by atoms with van der Waals surface area (Å²) in [5.74, 6) is -4.00. The van der Waals surface area contributed by atoms with Crippen LogP contribution >= 0.6 is 0 Å². The van der Waals surface area contributed by atoms with E-state index < -0.39 is 36.3 Å². The van der Waals surface area contributed by atoms with Crippen LogP contribution in [0.25, 0.3) is 0 Å². The normalized spacial score (nSPS) is 12.8. The Morgan fingerprint density at radius 3 is 1.60 bits per heavy atom. The third-order valence-electron chi connectivity index (χ3n) is 3.56. The maximum atomic E-state index is 12.8. The maximum absolute atomic E-state index is 12.8. The number of carbonyl (C=O) groups excluding carboxylic acids is 1. The van der Waals surface area contributed by atoms with Crippen LogP contribution in [0.1, 0.15) is 12.8 Å². The van der Waals surface area contributed by atoms with Crippen molar-refractivity contribution in [3.8, 4) is 0 Å². The zero-order valence-corrected chi connectivity index (χ0v) is 13.2. The van der Waals surface area contributed by atoms with Crippen molar-refractivity contribution >= 4 is 29.2 Å². The number of amides is 1. The number of hydrogen-bond acceptors (Lipinski definition) is 4. The predicted molar refractivity (Wildman–Crippen MR) is 89.5 cm³/mol. The van der Waals surface area contributed by atoms with Gasteiger partial charge in [0, 0.05) is 11.4 Å². The van der Waals surface area contributed by atoms with Crippen molar-refractivity contribution in [1.82, 2.24) is 0 Å². The molecule has 7 heteroatoms. The van der Waals surface area contributed by atoms with Crippen molar-refractivity contribution in [3.63, 3.8) is 0 Å². The molecule has 2 rings (SSSR count). The molecule has 1 atom stereocenters. The lowest BCUT2D eigenvalue weighted by Crippen LogP contribution is -2.45. The minimum Gasteiger partial charge on any atom is -0.481 e. The molecular weight excluding hydrogens is 326 g/mol. The molecule has 0 saturated heterocycles. The Hall–Kier alpha value is -3.19. The molecule has 0 aliphatic carbocycles. The van der Waals surface area contributed by atoms with Crippen LogP contribution in [0, 0.1) is 0 Å². The highest BCUT2D eigenvalue weighted by Gasteiger charge is 2.42. The average Bonchev–Trinajstić information content (AvgIpc) is 2.56. The molecule has 130 valence electrons. The van der Waals surface area contributed by atoms with Crippen LogP contribution in [0.5, 0.6) is 0 Å². The van der Waals surface area contributed by atoms with Crippen LogP contribution in [-0.2, 0) is 14.4 Å². The highest BCUT2D eigenvalue weighted by molar-refractivity contribution is 6.03. The first kappa shape index (κ1) is 18.2. The molecule has 0 aliphatic heterocycles. The van der Waals surface area contributed by atoms with Gasteiger partial charge in [0.05, 0.1) is 12.8 Å². The molecule has 0 radical (unpaired) electrons. The van der Waals surface area contributed by atoms with Gasteiger partial charge in [-0.3, -0.25) is 14.5 Å². The molecule has 2 aromatic carbocycles. The van der Waals surface area contributed by atoms with Crippen molar-refractivity contribution in [2.75, 3.05) is 4.90 Å². The van der Waals surface area contributed by atoms with E-state index in [0.717, 1.165) is 0 Å². The number of benzene rings is 2. The van der Waals surface area contributed by atoms with E-state index in [1.165, 1.54) is 4.90 Å². The van der Waals surface area contributed by atoms with Crippen LogP contribution in [0.4, 0.5) is 11.4 Å². The third-order valence-corrected chi connectivity index (χ3v) is 3.56. The number of rotatable bonds is 7. The van der Waals surface area contributed by atoms with Gasteiger partial charge in [-0.05, 0) is 24.3 Å². The number of para-hydroxylation sites is 2. The lowest BCUT2D eigenvalue weighted by molar-refractivity contribution is -0.167. The van der Waals surface area contributed by atoms with Crippen molar-refractivity contribution in [3.05, 3.63) is 60.7 Å². The number of carboxylic acids is 2. The summed E-state index contributed by atoms with van der Waals surface area (Å²) >= 11 is 0. The van der Waals surface area contributed by atoms with E-state index in [4.69, 9.17) is 10.2 Å². The lowest BCUT2D eigenvalue weighted by atomic mass is 9.94. The van der Waals surface area contributed by atoms with E-state index in [9.17, 15) is 19.5 Å². The largest absolute Gasteiger partial charge is 0.481 e. The second kappa shape index (κ2) is 7.59. The molecule has 3 N–H and O–H groups in total. The lowest BCUT2D eigenvalue weighted by Gasteiger charge is -2.27. The summed E-state index contributed by atoms with van der Waals surface area (Å²) in [6.45, 7) is 0. The van der Waals surface area contributed by atoms with Crippen molar-refractivity contribution in [2.45, 2.75) is 18.4 Å². The quantitative estimate of drug-likeness (QED) is 0.708. The van der Waals surface area contributed by atoms with Gasteiger partial charge >= 0.3 is 11.9 Å². The Bertz CT molecular complexity index is 722. The predicted octanol–water partition coefficient (Wildman–Crippen LogP) is 2.03. The molecule has 1 unspecified atom stereocenters. The van der Waals surface area contributed by atoms with Gasteiger partial charge in [0.15, 0.2) is 5.60 Å². The van der Waals surface area contributed by atoms with Gasteiger partial charge in [-0.1, -0.05) is 36.4 Å². The third kappa shape index (κ3) is 4.42. The van der Waals surface area contributed by atoms with Crippen LogP contribution in [0.15, 0.2) is 60.7 Å². The Morgan fingerprint density at radius 1 is 0.800 bits per heavy atom. The monoisotopic (exact) mass is 343 g/mol. The number of aliphatic hydroxyl groups is 1. The van der Waals surface area contributed by atoms with Gasteiger partial charge in [0.2, 0.25) is 5.91 Å². The smallest absolute Gasteiger partial charge is 0.336 e. The number of aliphatic carboxylic acids is 2. The van der Waals surface area contributed by atoms with Crippen molar-refractivity contribution in [1.29, 1.82) is 0 Å². The Labute approximate surface area is 143 Å². The average molecular weight is 343 g/mol. The molecular formula is C18H17NO6. The molecule has 0 fully saturated rings. The summed E-state index contributed by atoms with van der Waals surface area (Å²) < 4.78 is 0. The zero-order valence-electron chi connectivity index (χ0n) is 13.2. The first-order chi connectivity index (χ1) is 11.8. The number of hydrogen-bond donors (Lipinski definition) is 3. The van der Waals surface area contributed by atoms with E-state index >= 15 is 0 Å². The van der Waals surface area contributed by atoms with Crippen LogP contribution in [0.2, 0.25) is 0 Å². The zero-order chi connectivity index (χ0) is 18.4. The fourth-order valence-corrected chi connectivity index (χ4v) is 2.38. The molecule has 2 aromatic rings. The van der Waals surface area contributed by atoms with Crippen LogP contribution in [0.3, 0.4) is 0 Å². The Kier molecular flexibility index (Phi) is 5.51. The molecule has 1 amide bonds. The topological polar surface area (TPSA) is 115 Å². The van der Waals surface area contributed by atoms with Gasteiger partial charge in [0.1, 0.15) is 0 Å². The minimum atomic E-state index is -2.69. The summed E-state index contributed by atoms with van der Waals surface area (Å²) in [5, 5.41) is 28.1. The second-order valence-electron chi connectivity index (χ2n) is 5.48. The van der Waals surface area contributed by atoms with Crippen molar-refractivity contribution < 1.29 is 29.7 Å². The highest BCUT2D eigenvalue weighted by atomic mass is 16.4. The van der Waals surface area contributed by atoms with E-state index in [1.807, 2.05) is 0 Å². The summed E-state index contributed by atoms with van der Waals surface area (Å²) in [6, 6.07) is 17.0. The first-order valence-electron chi connectivity index (χ1n) is 7.44.